The van der Waals surface area contributed by atoms with Crippen LogP contribution in [-0.2, 0) is 0 Å². The predicted octanol–water partition coefficient (Wildman–Crippen LogP) is 2.19. The number of halogens is 1. The van der Waals surface area contributed by atoms with Crippen molar-refractivity contribution >= 4 is 24.0 Å². The summed E-state index contributed by atoms with van der Waals surface area (Å²) < 4.78 is 7.09. The minimum atomic E-state index is -0.285. The standard InChI is InChI=1S/C16H21N5O2.ClH/c1-11-3-4-13(15(9-11)23-2)18-16(22)14-10-21(20-19-14)12-5-7-17-8-6-12;/h3-4,9-10,12,17H,5-8H2,1-2H3,(H,18,22);1H. The summed E-state index contributed by atoms with van der Waals surface area (Å²) >= 11 is 0. The second kappa shape index (κ2) is 8.12. The Kier molecular flexibility index (Phi) is 6.16. The Balaban J connectivity index is 0.00000208. The smallest absolute Gasteiger partial charge is 0.277 e. The average molecular weight is 352 g/mol. The number of ether oxygens (including phenoxy) is 1. The Morgan fingerprint density at radius 3 is 2.83 bits per heavy atom. The Morgan fingerprint density at radius 2 is 2.12 bits per heavy atom. The van der Waals surface area contributed by atoms with Gasteiger partial charge in [-0.2, -0.15) is 0 Å². The molecule has 0 atom stereocenters. The van der Waals surface area contributed by atoms with Crippen LogP contribution in [0.25, 0.3) is 0 Å². The summed E-state index contributed by atoms with van der Waals surface area (Å²) in [6, 6.07) is 5.92. The molecule has 2 aromatic rings. The summed E-state index contributed by atoms with van der Waals surface area (Å²) in [5.74, 6) is 0.344. The van der Waals surface area contributed by atoms with Gasteiger partial charge in [0.05, 0.1) is 25.0 Å². The van der Waals surface area contributed by atoms with Crippen LogP contribution < -0.4 is 15.4 Å². The average Bonchev–Trinajstić information content (AvgIpc) is 3.07. The zero-order chi connectivity index (χ0) is 16.2. The second-order valence-electron chi connectivity index (χ2n) is 5.72. The first-order chi connectivity index (χ1) is 11.2. The molecule has 1 aliphatic rings. The monoisotopic (exact) mass is 351 g/mol. The number of piperidine rings is 1. The molecule has 1 aromatic heterocycles. The molecular formula is C16H22ClN5O2. The van der Waals surface area contributed by atoms with Crippen LogP contribution in [0, 0.1) is 6.92 Å². The molecule has 2 heterocycles. The van der Waals surface area contributed by atoms with Gasteiger partial charge in [0.2, 0.25) is 0 Å². The maximum Gasteiger partial charge on any atom is 0.277 e. The van der Waals surface area contributed by atoms with Gasteiger partial charge in [0, 0.05) is 0 Å². The largest absolute Gasteiger partial charge is 0.495 e. The number of nitrogens with zero attached hydrogens (tertiary/aromatic N) is 3. The Morgan fingerprint density at radius 1 is 1.38 bits per heavy atom. The number of methoxy groups -OCH3 is 1. The fourth-order valence-corrected chi connectivity index (χ4v) is 2.72. The number of amides is 1. The molecule has 2 N–H and O–H groups in total. The molecule has 3 rings (SSSR count). The molecule has 0 unspecified atom stereocenters. The van der Waals surface area contributed by atoms with E-state index in [1.807, 2.05) is 25.1 Å². The number of nitrogens with one attached hydrogen (secondary N) is 2. The molecule has 8 heteroatoms. The van der Waals surface area contributed by atoms with Crippen LogP contribution in [0.15, 0.2) is 24.4 Å². The predicted molar refractivity (Wildman–Crippen MR) is 94.1 cm³/mol. The molecule has 1 aromatic carbocycles. The van der Waals surface area contributed by atoms with Crippen molar-refractivity contribution in [2.75, 3.05) is 25.5 Å². The fourth-order valence-electron chi connectivity index (χ4n) is 2.72. The molecule has 1 amide bonds. The lowest BCUT2D eigenvalue weighted by Gasteiger charge is -2.22. The van der Waals surface area contributed by atoms with E-state index >= 15 is 0 Å². The lowest BCUT2D eigenvalue weighted by Crippen LogP contribution is -2.29. The lowest BCUT2D eigenvalue weighted by atomic mass is 10.1. The first kappa shape index (κ1) is 18.2. The first-order valence-electron chi connectivity index (χ1n) is 7.76. The van der Waals surface area contributed by atoms with E-state index in [0.29, 0.717) is 23.2 Å². The maximum absolute atomic E-state index is 12.4. The number of aryl methyl sites for hydroxylation is 1. The molecule has 1 fully saturated rings. The van der Waals surface area contributed by atoms with Gasteiger partial charge in [-0.1, -0.05) is 11.3 Å². The molecular weight excluding hydrogens is 330 g/mol. The molecule has 0 aliphatic carbocycles. The molecule has 1 saturated heterocycles. The molecule has 0 bridgehead atoms. The van der Waals surface area contributed by atoms with Crippen LogP contribution in [0.5, 0.6) is 5.75 Å². The van der Waals surface area contributed by atoms with E-state index in [1.54, 1.807) is 18.0 Å². The minimum Gasteiger partial charge on any atom is -0.495 e. The van der Waals surface area contributed by atoms with Gasteiger partial charge in [-0.25, -0.2) is 4.68 Å². The van der Waals surface area contributed by atoms with Crippen molar-refractivity contribution in [1.29, 1.82) is 0 Å². The van der Waals surface area contributed by atoms with Crippen molar-refractivity contribution in [1.82, 2.24) is 20.3 Å². The number of carbonyl (C=O) groups excluding carboxylic acids is 1. The van der Waals surface area contributed by atoms with Crippen molar-refractivity contribution in [3.05, 3.63) is 35.7 Å². The highest BCUT2D eigenvalue weighted by atomic mass is 35.5. The lowest BCUT2D eigenvalue weighted by molar-refractivity contribution is 0.102. The Hall–Kier alpha value is -2.12. The Labute approximate surface area is 147 Å². The van der Waals surface area contributed by atoms with Crippen LogP contribution >= 0.6 is 12.4 Å². The molecule has 0 spiro atoms. The summed E-state index contributed by atoms with van der Waals surface area (Å²) in [5, 5.41) is 14.2. The van der Waals surface area contributed by atoms with E-state index < -0.39 is 0 Å². The summed E-state index contributed by atoms with van der Waals surface area (Å²) in [7, 11) is 1.58. The van der Waals surface area contributed by atoms with E-state index in [-0.39, 0.29) is 18.3 Å². The second-order valence-corrected chi connectivity index (χ2v) is 5.72. The maximum atomic E-state index is 12.4. The molecule has 24 heavy (non-hydrogen) atoms. The van der Waals surface area contributed by atoms with Crippen molar-refractivity contribution in [2.45, 2.75) is 25.8 Å². The zero-order valence-electron chi connectivity index (χ0n) is 13.8. The zero-order valence-corrected chi connectivity index (χ0v) is 14.6. The fraction of sp³-hybridized carbons (Fsp3) is 0.438. The van der Waals surface area contributed by atoms with Gasteiger partial charge in [0.1, 0.15) is 5.75 Å². The molecule has 130 valence electrons. The highest BCUT2D eigenvalue weighted by Gasteiger charge is 2.19. The van der Waals surface area contributed by atoms with E-state index in [9.17, 15) is 4.79 Å². The van der Waals surface area contributed by atoms with E-state index in [4.69, 9.17) is 4.74 Å². The molecule has 0 radical (unpaired) electrons. The normalized spacial score (nSPS) is 14.8. The van der Waals surface area contributed by atoms with Crippen LogP contribution in [-0.4, -0.2) is 41.1 Å². The van der Waals surface area contributed by atoms with Gasteiger partial charge in [0.15, 0.2) is 5.69 Å². The summed E-state index contributed by atoms with van der Waals surface area (Å²) in [5.41, 5.74) is 2.00. The number of hydrogen-bond acceptors (Lipinski definition) is 5. The van der Waals surface area contributed by atoms with Crippen molar-refractivity contribution in [2.24, 2.45) is 0 Å². The van der Waals surface area contributed by atoms with Gasteiger partial charge in [-0.05, 0) is 50.6 Å². The number of carbonyl (C=O) groups is 1. The van der Waals surface area contributed by atoms with Crippen LogP contribution in [0.3, 0.4) is 0 Å². The van der Waals surface area contributed by atoms with E-state index in [0.717, 1.165) is 31.5 Å². The third kappa shape index (κ3) is 4.04. The summed E-state index contributed by atoms with van der Waals surface area (Å²) in [6.07, 6.45) is 3.71. The number of benzene rings is 1. The van der Waals surface area contributed by atoms with Crippen molar-refractivity contribution in [3.8, 4) is 5.75 Å². The van der Waals surface area contributed by atoms with Crippen molar-refractivity contribution < 1.29 is 9.53 Å². The van der Waals surface area contributed by atoms with E-state index in [2.05, 4.69) is 20.9 Å². The first-order valence-corrected chi connectivity index (χ1v) is 7.76. The quantitative estimate of drug-likeness (QED) is 0.882. The third-order valence-electron chi connectivity index (χ3n) is 4.03. The number of anilines is 1. The molecule has 7 nitrogen and oxygen atoms in total. The van der Waals surface area contributed by atoms with Crippen LogP contribution in [0.1, 0.15) is 34.9 Å². The number of hydrogen-bond donors (Lipinski definition) is 2. The Bertz CT molecular complexity index is 698. The van der Waals surface area contributed by atoms with Crippen molar-refractivity contribution in [3.63, 3.8) is 0 Å². The summed E-state index contributed by atoms with van der Waals surface area (Å²) in [6.45, 7) is 3.90. The van der Waals surface area contributed by atoms with Gasteiger partial charge in [-0.15, -0.1) is 17.5 Å². The summed E-state index contributed by atoms with van der Waals surface area (Å²) in [4.78, 5) is 12.4. The molecule has 0 saturated carbocycles. The van der Waals surface area contributed by atoms with Gasteiger partial charge >= 0.3 is 0 Å². The highest BCUT2D eigenvalue weighted by Crippen LogP contribution is 2.25. The number of aromatic nitrogens is 3. The van der Waals surface area contributed by atoms with Gasteiger partial charge < -0.3 is 15.4 Å². The minimum absolute atomic E-state index is 0. The van der Waals surface area contributed by atoms with Gasteiger partial charge in [0.25, 0.3) is 5.91 Å². The van der Waals surface area contributed by atoms with Gasteiger partial charge in [-0.3, -0.25) is 4.79 Å². The van der Waals surface area contributed by atoms with Crippen LogP contribution in [0.4, 0.5) is 5.69 Å². The van der Waals surface area contributed by atoms with E-state index in [1.165, 1.54) is 0 Å². The highest BCUT2D eigenvalue weighted by molar-refractivity contribution is 6.03. The molecule has 1 aliphatic heterocycles. The topological polar surface area (TPSA) is 81.1 Å². The third-order valence-corrected chi connectivity index (χ3v) is 4.03. The SMILES string of the molecule is COc1cc(C)ccc1NC(=O)c1cn(C2CCNCC2)nn1.Cl. The van der Waals surface area contributed by atoms with Crippen LogP contribution in [0.2, 0.25) is 0 Å². The number of rotatable bonds is 4.